The largest absolute Gasteiger partial charge is 0.493 e. The van der Waals surface area contributed by atoms with Gasteiger partial charge in [0.05, 0.1) is 30.7 Å². The van der Waals surface area contributed by atoms with E-state index >= 15 is 0 Å². The highest BCUT2D eigenvalue weighted by Gasteiger charge is 2.45. The third-order valence-electron chi connectivity index (χ3n) is 6.55. The minimum atomic E-state index is -0.745. The van der Waals surface area contributed by atoms with Gasteiger partial charge in [0.25, 0.3) is 5.91 Å². The Hall–Kier alpha value is -3.72. The maximum Gasteiger partial charge on any atom is 0.297 e. The molecule has 36 heavy (non-hydrogen) atoms. The molecule has 4 aromatic rings. The van der Waals surface area contributed by atoms with E-state index in [1.165, 1.54) is 16.2 Å². The molecule has 1 aliphatic heterocycles. The molecule has 0 saturated heterocycles. The van der Waals surface area contributed by atoms with Crippen molar-refractivity contribution >= 4 is 33.3 Å². The highest BCUT2D eigenvalue weighted by atomic mass is 32.1. The van der Waals surface area contributed by atoms with Crippen LogP contribution in [0, 0.1) is 13.8 Å². The van der Waals surface area contributed by atoms with Crippen molar-refractivity contribution in [3.63, 3.8) is 0 Å². The van der Waals surface area contributed by atoms with E-state index in [9.17, 15) is 9.59 Å². The Morgan fingerprint density at radius 2 is 1.89 bits per heavy atom. The third-order valence-corrected chi connectivity index (χ3v) is 7.24. The van der Waals surface area contributed by atoms with E-state index in [-0.39, 0.29) is 16.8 Å². The van der Waals surface area contributed by atoms with Gasteiger partial charge in [0.2, 0.25) is 10.9 Å². The molecule has 1 amide bonds. The van der Waals surface area contributed by atoms with Crippen LogP contribution in [0.25, 0.3) is 11.0 Å². The number of carbonyl (C=O) groups excluding carboxylic acids is 1. The average molecular weight is 506 g/mol. The highest BCUT2D eigenvalue weighted by molar-refractivity contribution is 7.13. The van der Waals surface area contributed by atoms with Crippen molar-refractivity contribution in [2.24, 2.45) is 0 Å². The number of hydrogen-bond acceptors (Lipinski definition) is 8. The van der Waals surface area contributed by atoms with Crippen molar-refractivity contribution in [1.29, 1.82) is 0 Å². The summed E-state index contributed by atoms with van der Waals surface area (Å²) in [7, 11) is 1.57. The first-order valence-electron chi connectivity index (χ1n) is 11.9. The van der Waals surface area contributed by atoms with Gasteiger partial charge in [-0.05, 0) is 61.2 Å². The van der Waals surface area contributed by atoms with E-state index in [1.807, 2.05) is 32.0 Å². The van der Waals surface area contributed by atoms with Gasteiger partial charge in [-0.1, -0.05) is 37.2 Å². The van der Waals surface area contributed by atoms with E-state index < -0.39 is 11.9 Å². The number of ether oxygens (including phenoxy) is 2. The van der Waals surface area contributed by atoms with Gasteiger partial charge in [-0.25, -0.2) is 0 Å². The van der Waals surface area contributed by atoms with E-state index in [0.717, 1.165) is 30.4 Å². The molecule has 0 bridgehead atoms. The number of amides is 1. The Kier molecular flexibility index (Phi) is 6.49. The summed E-state index contributed by atoms with van der Waals surface area (Å²) in [6.07, 6.45) is 3.14. The van der Waals surface area contributed by atoms with Gasteiger partial charge in [0.15, 0.2) is 16.9 Å². The van der Waals surface area contributed by atoms with Crippen molar-refractivity contribution < 1.29 is 18.7 Å². The SMILES string of the molecule is CCCCCOc1ccc(C2c3c(oc4cc(C)c(C)cc4c3=O)C(=O)N2c2nncs2)cc1OC. The van der Waals surface area contributed by atoms with Gasteiger partial charge >= 0.3 is 0 Å². The molecule has 2 aromatic carbocycles. The van der Waals surface area contributed by atoms with Crippen LogP contribution in [0.2, 0.25) is 0 Å². The summed E-state index contributed by atoms with van der Waals surface area (Å²) < 4.78 is 17.6. The molecular weight excluding hydrogens is 478 g/mol. The normalized spacial score (nSPS) is 14.9. The minimum Gasteiger partial charge on any atom is -0.493 e. The van der Waals surface area contributed by atoms with Crippen LogP contribution in [-0.2, 0) is 0 Å². The molecule has 1 atom stereocenters. The van der Waals surface area contributed by atoms with Crippen LogP contribution in [0.1, 0.15) is 65.0 Å². The molecule has 8 nitrogen and oxygen atoms in total. The number of aromatic nitrogens is 2. The van der Waals surface area contributed by atoms with Crippen LogP contribution >= 0.6 is 11.3 Å². The first kappa shape index (κ1) is 24.0. The second-order valence-electron chi connectivity index (χ2n) is 8.87. The Labute approximate surface area is 212 Å². The van der Waals surface area contributed by atoms with Crippen molar-refractivity contribution in [3.05, 3.63) is 74.1 Å². The lowest BCUT2D eigenvalue weighted by molar-refractivity contribution is 0.0970. The van der Waals surface area contributed by atoms with Gasteiger partial charge in [-0.3, -0.25) is 14.5 Å². The number of rotatable bonds is 8. The molecule has 0 N–H and O–H groups in total. The molecule has 0 fully saturated rings. The summed E-state index contributed by atoms with van der Waals surface area (Å²) in [5.74, 6) is 0.734. The zero-order valence-corrected chi connectivity index (χ0v) is 21.5. The van der Waals surface area contributed by atoms with Crippen LogP contribution in [-0.4, -0.2) is 29.8 Å². The number of hydrogen-bond donors (Lipinski definition) is 0. The standard InChI is InChI=1S/C27H27N3O5S/c1-5-6-7-10-34-19-9-8-17(13-21(19)33-4)23-22-24(31)18-11-15(2)16(3)12-20(18)35-25(22)26(32)30(23)27-29-28-14-36-27/h8-9,11-14,23H,5-7,10H2,1-4H3. The number of methoxy groups -OCH3 is 1. The fourth-order valence-corrected chi connectivity index (χ4v) is 5.11. The lowest BCUT2D eigenvalue weighted by atomic mass is 9.97. The van der Waals surface area contributed by atoms with Crippen LogP contribution in [0.5, 0.6) is 11.5 Å². The van der Waals surface area contributed by atoms with Gasteiger partial charge in [0, 0.05) is 0 Å². The average Bonchev–Trinajstić information content (AvgIpc) is 3.50. The van der Waals surface area contributed by atoms with Crippen LogP contribution < -0.4 is 19.8 Å². The molecule has 9 heteroatoms. The van der Waals surface area contributed by atoms with Crippen molar-refractivity contribution in [2.75, 3.05) is 18.6 Å². The smallest absolute Gasteiger partial charge is 0.297 e. The number of nitrogens with zero attached hydrogens (tertiary/aromatic N) is 3. The summed E-state index contributed by atoms with van der Waals surface area (Å²) in [4.78, 5) is 28.9. The van der Waals surface area contributed by atoms with E-state index in [2.05, 4.69) is 17.1 Å². The van der Waals surface area contributed by atoms with Crippen LogP contribution in [0.15, 0.2) is 45.1 Å². The maximum absolute atomic E-state index is 13.8. The Balaban J connectivity index is 1.67. The summed E-state index contributed by atoms with van der Waals surface area (Å²) in [6, 6.07) is 8.35. The summed E-state index contributed by atoms with van der Waals surface area (Å²) in [5, 5.41) is 8.86. The Morgan fingerprint density at radius 1 is 1.08 bits per heavy atom. The molecule has 0 saturated carbocycles. The number of aryl methyl sites for hydroxylation is 2. The minimum absolute atomic E-state index is 0.0230. The molecule has 1 unspecified atom stereocenters. The molecule has 1 aliphatic rings. The molecule has 0 aliphatic carbocycles. The molecule has 5 rings (SSSR count). The number of benzene rings is 2. The van der Waals surface area contributed by atoms with Crippen LogP contribution in [0.3, 0.4) is 0 Å². The molecule has 186 valence electrons. The summed E-state index contributed by atoms with van der Waals surface area (Å²) in [6.45, 7) is 6.61. The summed E-state index contributed by atoms with van der Waals surface area (Å²) >= 11 is 1.22. The monoisotopic (exact) mass is 505 g/mol. The van der Waals surface area contributed by atoms with Crippen molar-refractivity contribution in [3.8, 4) is 11.5 Å². The first-order valence-corrected chi connectivity index (χ1v) is 12.8. The molecule has 3 heterocycles. The maximum atomic E-state index is 13.8. The van der Waals surface area contributed by atoms with E-state index in [4.69, 9.17) is 13.9 Å². The predicted molar refractivity (Wildman–Crippen MR) is 139 cm³/mol. The molecule has 0 spiro atoms. The molecule has 0 radical (unpaired) electrons. The quantitative estimate of drug-likeness (QED) is 0.288. The Bertz CT molecular complexity index is 1500. The third kappa shape index (κ3) is 4.03. The number of carbonyl (C=O) groups is 1. The van der Waals surface area contributed by atoms with Gasteiger partial charge < -0.3 is 13.9 Å². The van der Waals surface area contributed by atoms with E-state index in [0.29, 0.717) is 39.8 Å². The number of fused-ring (bicyclic) bond motifs is 2. The fourth-order valence-electron chi connectivity index (χ4n) is 4.52. The second kappa shape index (κ2) is 9.73. The molecular formula is C27H27N3O5S. The predicted octanol–water partition coefficient (Wildman–Crippen LogP) is 5.59. The lowest BCUT2D eigenvalue weighted by Gasteiger charge is -2.23. The summed E-state index contributed by atoms with van der Waals surface area (Å²) in [5.41, 5.74) is 4.63. The highest BCUT2D eigenvalue weighted by Crippen LogP contribution is 2.43. The topological polar surface area (TPSA) is 94.8 Å². The van der Waals surface area contributed by atoms with Gasteiger partial charge in [-0.2, -0.15) is 0 Å². The molecule has 2 aromatic heterocycles. The fraction of sp³-hybridized carbons (Fsp3) is 0.333. The Morgan fingerprint density at radius 3 is 2.61 bits per heavy atom. The lowest BCUT2D eigenvalue weighted by Crippen LogP contribution is -2.29. The number of unbranched alkanes of at least 4 members (excludes halogenated alkanes) is 2. The van der Waals surface area contributed by atoms with Crippen molar-refractivity contribution in [2.45, 2.75) is 46.1 Å². The van der Waals surface area contributed by atoms with Gasteiger partial charge in [0.1, 0.15) is 11.1 Å². The van der Waals surface area contributed by atoms with Gasteiger partial charge in [-0.15, -0.1) is 10.2 Å². The van der Waals surface area contributed by atoms with E-state index in [1.54, 1.807) is 24.8 Å². The zero-order chi connectivity index (χ0) is 25.4. The zero-order valence-electron chi connectivity index (χ0n) is 20.7. The van der Waals surface area contributed by atoms with Crippen molar-refractivity contribution in [1.82, 2.24) is 10.2 Å². The second-order valence-corrected chi connectivity index (χ2v) is 9.68. The number of anilines is 1. The first-order chi connectivity index (χ1) is 17.4. The van der Waals surface area contributed by atoms with Crippen LogP contribution in [0.4, 0.5) is 5.13 Å².